The van der Waals surface area contributed by atoms with Crippen molar-refractivity contribution >= 4 is 57.9 Å². The Morgan fingerprint density at radius 1 is 1.00 bits per heavy atom. The molecule has 11 heteroatoms. The maximum Gasteiger partial charge on any atom is 0.416 e. The maximum atomic E-state index is 14.1. The van der Waals surface area contributed by atoms with Gasteiger partial charge in [-0.2, -0.15) is 13.2 Å². The van der Waals surface area contributed by atoms with Crippen LogP contribution in [0.3, 0.4) is 0 Å². The maximum absolute atomic E-state index is 14.1. The number of H-pyrrole nitrogens is 2. The molecule has 43 heavy (non-hydrogen) atoms. The molecule has 1 saturated heterocycles. The van der Waals surface area contributed by atoms with Crippen LogP contribution >= 0.6 is 35.3 Å². The predicted octanol–water partition coefficient (Wildman–Crippen LogP) is 10.4. The minimum absolute atomic E-state index is 0.183. The van der Waals surface area contributed by atoms with Gasteiger partial charge in [0.2, 0.25) is 0 Å². The number of benzene rings is 2. The van der Waals surface area contributed by atoms with Crippen molar-refractivity contribution in [3.05, 3.63) is 69.3 Å². The molecule has 5 nitrogen and oxygen atoms in total. The number of thioether (sulfide) groups is 1. The van der Waals surface area contributed by atoms with Gasteiger partial charge in [0.15, 0.2) is 3.95 Å². The molecule has 2 aromatic heterocycles. The first-order chi connectivity index (χ1) is 20.8. The molecular weight excluding hydrogens is 610 g/mol. The second-order valence-corrected chi connectivity index (χ2v) is 13.6. The minimum Gasteiger partial charge on any atom is -0.371 e. The first-order valence-corrected chi connectivity index (χ1v) is 17.3. The SMILES string of the molecule is CCCCCCCCCCNc1[nH]c2ccccc2c1[C@@H]1CSCN1C(=O)c1[nH]c(=S)sc1-c1ccc(C(F)(F)F)cc1. The highest BCUT2D eigenvalue weighted by Gasteiger charge is 2.36. The Morgan fingerprint density at radius 2 is 1.70 bits per heavy atom. The molecule has 5 rings (SSSR count). The third kappa shape index (κ3) is 7.49. The zero-order chi connectivity index (χ0) is 30.4. The number of thiazole rings is 1. The first kappa shape index (κ1) is 31.7. The van der Waals surface area contributed by atoms with E-state index in [0.29, 0.717) is 26.0 Å². The number of aromatic nitrogens is 2. The molecule has 230 valence electrons. The van der Waals surface area contributed by atoms with Crippen LogP contribution in [-0.2, 0) is 6.18 Å². The van der Waals surface area contributed by atoms with Crippen molar-refractivity contribution in [3.8, 4) is 10.4 Å². The molecule has 1 atom stereocenters. The third-order valence-corrected chi connectivity index (χ3v) is 10.2. The van der Waals surface area contributed by atoms with Gasteiger partial charge in [0.1, 0.15) is 11.5 Å². The van der Waals surface area contributed by atoms with Gasteiger partial charge in [-0.1, -0.05) is 82.2 Å². The molecule has 1 fully saturated rings. The Hall–Kier alpha value is -2.76. The van der Waals surface area contributed by atoms with E-state index >= 15 is 0 Å². The predicted molar refractivity (Wildman–Crippen MR) is 176 cm³/mol. The monoisotopic (exact) mass is 646 g/mol. The van der Waals surface area contributed by atoms with Crippen molar-refractivity contribution in [2.75, 3.05) is 23.5 Å². The lowest BCUT2D eigenvalue weighted by Gasteiger charge is -2.25. The highest BCUT2D eigenvalue weighted by Crippen LogP contribution is 2.43. The molecule has 1 amide bonds. The molecule has 2 aromatic carbocycles. The average Bonchev–Trinajstić information content (AvgIpc) is 3.72. The fourth-order valence-electron chi connectivity index (χ4n) is 5.64. The number of halogens is 3. The number of hydrogen-bond donors (Lipinski definition) is 3. The Balaban J connectivity index is 1.35. The second-order valence-electron chi connectivity index (χ2n) is 10.9. The summed E-state index contributed by atoms with van der Waals surface area (Å²) >= 11 is 8.28. The normalized spacial score (nSPS) is 15.4. The van der Waals surface area contributed by atoms with Crippen LogP contribution in [0.25, 0.3) is 21.3 Å². The van der Waals surface area contributed by atoms with Gasteiger partial charge in [0.25, 0.3) is 5.91 Å². The smallest absolute Gasteiger partial charge is 0.371 e. The molecule has 0 unspecified atom stereocenters. The number of nitrogens with one attached hydrogen (secondary N) is 3. The van der Waals surface area contributed by atoms with Crippen LogP contribution in [0.4, 0.5) is 19.0 Å². The number of alkyl halides is 3. The highest BCUT2D eigenvalue weighted by atomic mass is 32.2. The first-order valence-electron chi connectivity index (χ1n) is 14.9. The van der Waals surface area contributed by atoms with E-state index in [-0.39, 0.29) is 11.9 Å². The van der Waals surface area contributed by atoms with E-state index in [1.165, 1.54) is 68.4 Å². The zero-order valence-corrected chi connectivity index (χ0v) is 26.6. The summed E-state index contributed by atoms with van der Waals surface area (Å²) < 4.78 is 39.9. The Kier molecular flexibility index (Phi) is 10.6. The van der Waals surface area contributed by atoms with E-state index in [9.17, 15) is 18.0 Å². The molecule has 3 heterocycles. The van der Waals surface area contributed by atoms with Crippen LogP contribution in [-0.4, -0.2) is 38.9 Å². The summed E-state index contributed by atoms with van der Waals surface area (Å²) in [5, 5.41) is 4.71. The fraction of sp³-hybridized carbons (Fsp3) is 0.438. The molecule has 0 radical (unpaired) electrons. The van der Waals surface area contributed by atoms with Gasteiger partial charge in [-0.05, 0) is 42.4 Å². The molecule has 3 N–H and O–H groups in total. The van der Waals surface area contributed by atoms with Crippen molar-refractivity contribution in [2.45, 2.75) is 70.5 Å². The molecule has 0 saturated carbocycles. The van der Waals surface area contributed by atoms with Crippen LogP contribution in [0, 0.1) is 3.95 Å². The number of nitrogens with zero attached hydrogens (tertiary/aromatic N) is 1. The topological polar surface area (TPSA) is 63.9 Å². The number of carbonyl (C=O) groups is 1. The summed E-state index contributed by atoms with van der Waals surface area (Å²) in [7, 11) is 0. The van der Waals surface area contributed by atoms with E-state index < -0.39 is 11.7 Å². The van der Waals surface area contributed by atoms with Gasteiger partial charge in [-0.15, -0.1) is 23.1 Å². The van der Waals surface area contributed by atoms with Crippen LogP contribution in [0.15, 0.2) is 48.5 Å². The summed E-state index contributed by atoms with van der Waals surface area (Å²) in [5.41, 5.74) is 2.19. The summed E-state index contributed by atoms with van der Waals surface area (Å²) in [6.45, 7) is 3.08. The standard InChI is InChI=1S/C32H37F3N4OS3/c1-2-3-4-5-6-7-8-11-18-36-29-26(23-12-9-10-13-24(23)37-29)25-19-42-20-39(25)30(40)27-28(43-31(41)38-27)21-14-16-22(17-15-21)32(33,34)35/h9-10,12-17,25,36-37H,2-8,11,18-20H2,1H3,(H,38,41)/t25-/m0/s1. The lowest BCUT2D eigenvalue weighted by atomic mass is 10.0. The van der Waals surface area contributed by atoms with Crippen molar-refractivity contribution in [2.24, 2.45) is 0 Å². The molecule has 0 aliphatic carbocycles. The van der Waals surface area contributed by atoms with Crippen molar-refractivity contribution in [1.82, 2.24) is 14.9 Å². The van der Waals surface area contributed by atoms with Crippen molar-refractivity contribution in [1.29, 1.82) is 0 Å². The number of fused-ring (bicyclic) bond motifs is 1. The van der Waals surface area contributed by atoms with Crippen LogP contribution in [0.2, 0.25) is 0 Å². The lowest BCUT2D eigenvalue weighted by Crippen LogP contribution is -2.32. The number of anilines is 1. The second kappa shape index (κ2) is 14.3. The van der Waals surface area contributed by atoms with Gasteiger partial charge >= 0.3 is 6.18 Å². The van der Waals surface area contributed by atoms with Crippen molar-refractivity contribution in [3.63, 3.8) is 0 Å². The number of para-hydroxylation sites is 1. The molecule has 0 bridgehead atoms. The number of unbranched alkanes of at least 4 members (excludes halogenated alkanes) is 7. The van der Waals surface area contributed by atoms with E-state index in [1.54, 1.807) is 11.8 Å². The van der Waals surface area contributed by atoms with Gasteiger partial charge in [0, 0.05) is 28.8 Å². The summed E-state index contributed by atoms with van der Waals surface area (Å²) in [6.07, 6.45) is 5.58. The lowest BCUT2D eigenvalue weighted by molar-refractivity contribution is -0.137. The quantitative estimate of drug-likeness (QED) is 0.0999. The number of hydrogen-bond acceptors (Lipinski definition) is 5. The Labute approximate surface area is 263 Å². The number of aromatic amines is 2. The number of amides is 1. The molecular formula is C32H37F3N4OS3. The minimum atomic E-state index is -4.43. The van der Waals surface area contributed by atoms with E-state index in [4.69, 9.17) is 12.2 Å². The van der Waals surface area contributed by atoms with Gasteiger partial charge in [-0.25, -0.2) is 0 Å². The van der Waals surface area contributed by atoms with E-state index in [1.807, 2.05) is 23.1 Å². The molecule has 1 aliphatic rings. The zero-order valence-electron chi connectivity index (χ0n) is 24.2. The van der Waals surface area contributed by atoms with Crippen molar-refractivity contribution < 1.29 is 18.0 Å². The third-order valence-electron chi connectivity index (χ3n) is 7.89. The molecule has 1 aliphatic heterocycles. The molecule has 0 spiro atoms. The Bertz CT molecular complexity index is 1580. The van der Waals surface area contributed by atoms with Crippen LogP contribution < -0.4 is 5.32 Å². The molecule has 4 aromatic rings. The van der Waals surface area contributed by atoms with Crippen LogP contribution in [0.5, 0.6) is 0 Å². The van der Waals surface area contributed by atoms with Crippen LogP contribution in [0.1, 0.15) is 85.9 Å². The van der Waals surface area contributed by atoms with Gasteiger partial charge in [0.05, 0.1) is 22.4 Å². The fourth-order valence-corrected chi connectivity index (χ4v) is 7.99. The van der Waals surface area contributed by atoms with Gasteiger partial charge in [-0.3, -0.25) is 4.79 Å². The average molecular weight is 647 g/mol. The van der Waals surface area contributed by atoms with Gasteiger partial charge < -0.3 is 20.2 Å². The summed E-state index contributed by atoms with van der Waals surface area (Å²) in [4.78, 5) is 23.1. The number of carbonyl (C=O) groups excluding carboxylic acids is 1. The van der Waals surface area contributed by atoms with E-state index in [2.05, 4.69) is 28.3 Å². The summed E-state index contributed by atoms with van der Waals surface area (Å²) in [6, 6.07) is 12.8. The van der Waals surface area contributed by atoms with E-state index in [0.717, 1.165) is 53.1 Å². The largest absolute Gasteiger partial charge is 0.416 e. The highest BCUT2D eigenvalue weighted by molar-refractivity contribution is 7.99. The Morgan fingerprint density at radius 3 is 2.42 bits per heavy atom. The number of rotatable bonds is 13. The summed E-state index contributed by atoms with van der Waals surface area (Å²) in [5.74, 6) is 1.97.